The molecule has 0 atom stereocenters. The van der Waals surface area contributed by atoms with Crippen LogP contribution in [0.4, 0.5) is 0 Å². The Labute approximate surface area is 170 Å². The summed E-state index contributed by atoms with van der Waals surface area (Å²) >= 11 is 5.34. The minimum absolute atomic E-state index is 0.0826. The lowest BCUT2D eigenvalue weighted by molar-refractivity contribution is -0.130. The largest absolute Gasteiger partial charge is 0.347 e. The standard InChI is InChI=1S/C22H25N3O2S/c1-2-12-24-14-15(17-10-6-7-11-19(17)24)13-18-20(26)23-22(28)25(21(18)27)16-8-4-3-5-9-16/h6-7,10-11,13-14,16H,2-5,8-9,12H2,1H3,(H,23,26,28). The van der Waals surface area contributed by atoms with Gasteiger partial charge in [-0.3, -0.25) is 19.8 Å². The summed E-state index contributed by atoms with van der Waals surface area (Å²) in [5, 5.41) is 4.02. The normalized spacial score (nSPS) is 20.2. The van der Waals surface area contributed by atoms with Gasteiger partial charge in [0.2, 0.25) is 0 Å². The number of rotatable bonds is 4. The number of benzene rings is 1. The zero-order chi connectivity index (χ0) is 19.7. The Bertz CT molecular complexity index is 969. The molecule has 28 heavy (non-hydrogen) atoms. The molecule has 2 heterocycles. The van der Waals surface area contributed by atoms with Crippen LogP contribution < -0.4 is 5.32 Å². The van der Waals surface area contributed by atoms with Crippen LogP contribution in [0.15, 0.2) is 36.0 Å². The first-order valence-electron chi connectivity index (χ1n) is 10.1. The molecule has 5 nitrogen and oxygen atoms in total. The summed E-state index contributed by atoms with van der Waals surface area (Å²) in [6.07, 6.45) is 10.0. The molecule has 1 aromatic heterocycles. The van der Waals surface area contributed by atoms with Gasteiger partial charge >= 0.3 is 0 Å². The summed E-state index contributed by atoms with van der Waals surface area (Å²) < 4.78 is 2.18. The van der Waals surface area contributed by atoms with E-state index < -0.39 is 5.91 Å². The van der Waals surface area contributed by atoms with Crippen LogP contribution in [0.25, 0.3) is 17.0 Å². The average molecular weight is 396 g/mol. The number of hydrogen-bond donors (Lipinski definition) is 1. The number of nitrogens with one attached hydrogen (secondary N) is 1. The quantitative estimate of drug-likeness (QED) is 0.483. The van der Waals surface area contributed by atoms with E-state index in [-0.39, 0.29) is 22.6 Å². The van der Waals surface area contributed by atoms with Crippen molar-refractivity contribution in [2.24, 2.45) is 0 Å². The zero-order valence-corrected chi connectivity index (χ0v) is 16.9. The summed E-state index contributed by atoms with van der Waals surface area (Å²) in [5.41, 5.74) is 2.16. The van der Waals surface area contributed by atoms with Gasteiger partial charge < -0.3 is 4.57 Å². The van der Waals surface area contributed by atoms with E-state index in [2.05, 4.69) is 22.9 Å². The van der Waals surface area contributed by atoms with Crippen molar-refractivity contribution in [3.05, 3.63) is 41.6 Å². The molecule has 0 radical (unpaired) electrons. The summed E-state index contributed by atoms with van der Waals surface area (Å²) in [7, 11) is 0. The van der Waals surface area contributed by atoms with Crippen molar-refractivity contribution in [3.8, 4) is 0 Å². The van der Waals surface area contributed by atoms with Crippen LogP contribution in [0.5, 0.6) is 0 Å². The van der Waals surface area contributed by atoms with Gasteiger partial charge in [0, 0.05) is 35.2 Å². The van der Waals surface area contributed by atoms with Gasteiger partial charge in [-0.1, -0.05) is 44.4 Å². The molecule has 4 rings (SSSR count). The number of thiocarbonyl (C=S) groups is 1. The molecule has 1 aliphatic carbocycles. The van der Waals surface area contributed by atoms with Gasteiger partial charge in [-0.15, -0.1) is 0 Å². The molecule has 2 aromatic rings. The third kappa shape index (κ3) is 3.37. The minimum Gasteiger partial charge on any atom is -0.347 e. The molecule has 0 bridgehead atoms. The van der Waals surface area contributed by atoms with Crippen molar-refractivity contribution in [1.29, 1.82) is 0 Å². The molecule has 2 fully saturated rings. The monoisotopic (exact) mass is 395 g/mol. The average Bonchev–Trinajstić information content (AvgIpc) is 3.04. The Balaban J connectivity index is 1.74. The first-order valence-corrected chi connectivity index (χ1v) is 10.5. The van der Waals surface area contributed by atoms with Crippen LogP contribution in [-0.2, 0) is 16.1 Å². The van der Waals surface area contributed by atoms with Gasteiger partial charge in [-0.05, 0) is 43.6 Å². The third-order valence-electron chi connectivity index (χ3n) is 5.66. The fourth-order valence-electron chi connectivity index (χ4n) is 4.31. The van der Waals surface area contributed by atoms with Crippen LogP contribution >= 0.6 is 12.2 Å². The fraction of sp³-hybridized carbons (Fsp3) is 0.409. The SMILES string of the molecule is CCCn1cc(C=C2C(=O)NC(=S)N(C3CCCCC3)C2=O)c2ccccc21. The molecule has 1 aliphatic heterocycles. The summed E-state index contributed by atoms with van der Waals surface area (Å²) in [6, 6.07) is 8.17. The lowest BCUT2D eigenvalue weighted by Gasteiger charge is -2.37. The first kappa shape index (κ1) is 18.9. The maximum Gasteiger partial charge on any atom is 0.265 e. The van der Waals surface area contributed by atoms with Crippen molar-refractivity contribution in [3.63, 3.8) is 0 Å². The highest BCUT2D eigenvalue weighted by molar-refractivity contribution is 7.80. The van der Waals surface area contributed by atoms with E-state index in [0.29, 0.717) is 0 Å². The lowest BCUT2D eigenvalue weighted by Crippen LogP contribution is -2.57. The Kier molecular flexibility index (Phi) is 5.31. The Hall–Kier alpha value is -2.47. The van der Waals surface area contributed by atoms with Crippen molar-refractivity contribution in [2.75, 3.05) is 0 Å². The topological polar surface area (TPSA) is 54.3 Å². The number of para-hydroxylation sites is 1. The number of aromatic nitrogens is 1. The first-order chi connectivity index (χ1) is 13.6. The van der Waals surface area contributed by atoms with Crippen molar-refractivity contribution < 1.29 is 9.59 Å². The van der Waals surface area contributed by atoms with Crippen LogP contribution in [0.2, 0.25) is 0 Å². The highest BCUT2D eigenvalue weighted by Gasteiger charge is 2.38. The van der Waals surface area contributed by atoms with Crippen LogP contribution in [0.3, 0.4) is 0 Å². The van der Waals surface area contributed by atoms with E-state index in [9.17, 15) is 9.59 Å². The zero-order valence-electron chi connectivity index (χ0n) is 16.1. The van der Waals surface area contributed by atoms with Crippen molar-refractivity contribution in [2.45, 2.75) is 58.0 Å². The number of nitrogens with zero attached hydrogens (tertiary/aromatic N) is 2. The van der Waals surface area contributed by atoms with E-state index >= 15 is 0 Å². The molecule has 146 valence electrons. The Morgan fingerprint density at radius 3 is 2.68 bits per heavy atom. The van der Waals surface area contributed by atoms with E-state index in [0.717, 1.165) is 55.1 Å². The third-order valence-corrected chi connectivity index (χ3v) is 5.96. The summed E-state index contributed by atoms with van der Waals surface area (Å²) in [5.74, 6) is -0.678. The second-order valence-electron chi connectivity index (χ2n) is 7.58. The van der Waals surface area contributed by atoms with E-state index in [1.807, 2.05) is 24.4 Å². The van der Waals surface area contributed by atoms with Gasteiger partial charge in [0.15, 0.2) is 5.11 Å². The van der Waals surface area contributed by atoms with Crippen LogP contribution in [-0.4, -0.2) is 32.4 Å². The smallest absolute Gasteiger partial charge is 0.265 e. The predicted octanol–water partition coefficient (Wildman–Crippen LogP) is 4.01. The summed E-state index contributed by atoms with van der Waals surface area (Å²) in [4.78, 5) is 27.4. The Morgan fingerprint density at radius 1 is 1.18 bits per heavy atom. The number of fused-ring (bicyclic) bond motifs is 1. The second-order valence-corrected chi connectivity index (χ2v) is 7.97. The maximum absolute atomic E-state index is 13.2. The maximum atomic E-state index is 13.2. The minimum atomic E-state index is -0.408. The molecule has 0 unspecified atom stereocenters. The van der Waals surface area contributed by atoms with E-state index in [4.69, 9.17) is 12.2 Å². The van der Waals surface area contributed by atoms with Crippen LogP contribution in [0, 0.1) is 0 Å². The molecule has 1 saturated carbocycles. The number of carbonyl (C=O) groups excluding carboxylic acids is 2. The van der Waals surface area contributed by atoms with Gasteiger partial charge in [-0.25, -0.2) is 0 Å². The molecule has 1 N–H and O–H groups in total. The number of amides is 2. The van der Waals surface area contributed by atoms with Gasteiger partial charge in [0.1, 0.15) is 5.57 Å². The predicted molar refractivity (Wildman–Crippen MR) is 115 cm³/mol. The van der Waals surface area contributed by atoms with Crippen molar-refractivity contribution in [1.82, 2.24) is 14.8 Å². The van der Waals surface area contributed by atoms with E-state index in [1.165, 1.54) is 6.42 Å². The Morgan fingerprint density at radius 2 is 1.93 bits per heavy atom. The molecule has 6 heteroatoms. The number of carbonyl (C=O) groups is 2. The van der Waals surface area contributed by atoms with Crippen LogP contribution in [0.1, 0.15) is 51.0 Å². The highest BCUT2D eigenvalue weighted by Crippen LogP contribution is 2.28. The molecular formula is C22H25N3O2S. The summed E-state index contributed by atoms with van der Waals surface area (Å²) in [6.45, 7) is 3.02. The van der Waals surface area contributed by atoms with Crippen molar-refractivity contribution >= 4 is 46.1 Å². The molecule has 0 spiro atoms. The second kappa shape index (κ2) is 7.87. The molecule has 2 amide bonds. The molecule has 2 aliphatic rings. The lowest BCUT2D eigenvalue weighted by atomic mass is 9.93. The fourth-order valence-corrected chi connectivity index (χ4v) is 4.64. The highest BCUT2D eigenvalue weighted by atomic mass is 32.1. The number of hydrogen-bond acceptors (Lipinski definition) is 3. The van der Waals surface area contributed by atoms with Gasteiger partial charge in [0.25, 0.3) is 11.8 Å². The van der Waals surface area contributed by atoms with Gasteiger partial charge in [0.05, 0.1) is 0 Å². The van der Waals surface area contributed by atoms with E-state index in [1.54, 1.807) is 11.0 Å². The molecule has 1 saturated heterocycles. The number of aryl methyl sites for hydroxylation is 1. The van der Waals surface area contributed by atoms with Gasteiger partial charge in [-0.2, -0.15) is 0 Å². The molecular weight excluding hydrogens is 370 g/mol. The molecule has 1 aromatic carbocycles.